The number of piperidine rings is 1. The Morgan fingerprint density at radius 2 is 2.17 bits per heavy atom. The molecular weight excluding hydrogens is 284 g/mol. The summed E-state index contributed by atoms with van der Waals surface area (Å²) < 4.78 is 1.13. The minimum atomic E-state index is 0.0390. The molecule has 3 nitrogen and oxygen atoms in total. The van der Waals surface area contributed by atoms with Gasteiger partial charge in [0.2, 0.25) is 0 Å². The molecule has 1 aromatic carbocycles. The molecule has 0 saturated carbocycles. The molecule has 1 aromatic rings. The van der Waals surface area contributed by atoms with Gasteiger partial charge in [-0.05, 0) is 24.1 Å². The molecule has 3 aliphatic heterocycles. The van der Waals surface area contributed by atoms with Crippen LogP contribution in [0.4, 0.5) is 5.69 Å². The number of para-hydroxylation sites is 1. The topological polar surface area (TPSA) is 29.1 Å². The Balaban J connectivity index is 1.85. The van der Waals surface area contributed by atoms with E-state index in [0.29, 0.717) is 12.0 Å². The van der Waals surface area contributed by atoms with E-state index in [1.54, 1.807) is 0 Å². The zero-order valence-electron chi connectivity index (χ0n) is 13.8. The fourth-order valence-electron chi connectivity index (χ4n) is 6.07. The molecule has 118 valence electrons. The number of nitrogens with zero attached hydrogens (tertiary/aromatic N) is 1. The Morgan fingerprint density at radius 1 is 1.35 bits per heavy atom. The van der Waals surface area contributed by atoms with Crippen molar-refractivity contribution in [1.82, 2.24) is 0 Å². The van der Waals surface area contributed by atoms with Gasteiger partial charge in [0.15, 0.2) is 0 Å². The summed E-state index contributed by atoms with van der Waals surface area (Å²) in [7, 11) is 2.42. The van der Waals surface area contributed by atoms with Crippen LogP contribution in [0.2, 0.25) is 0 Å². The van der Waals surface area contributed by atoms with Gasteiger partial charge in [-0.25, -0.2) is 0 Å². The van der Waals surface area contributed by atoms with Gasteiger partial charge >= 0.3 is 0 Å². The van der Waals surface area contributed by atoms with E-state index in [2.05, 4.69) is 49.6 Å². The van der Waals surface area contributed by atoms with Crippen molar-refractivity contribution in [2.45, 2.75) is 31.2 Å². The van der Waals surface area contributed by atoms with Crippen molar-refractivity contribution < 1.29 is 9.28 Å². The van der Waals surface area contributed by atoms with Gasteiger partial charge in [0.1, 0.15) is 18.9 Å². The van der Waals surface area contributed by atoms with Crippen molar-refractivity contribution in [3.63, 3.8) is 0 Å². The molecule has 0 unspecified atom stereocenters. The summed E-state index contributed by atoms with van der Waals surface area (Å²) in [5.41, 5.74) is 6.35. The number of aldehydes is 1. The third-order valence-corrected chi connectivity index (χ3v) is 7.06. The van der Waals surface area contributed by atoms with Gasteiger partial charge in [-0.3, -0.25) is 4.79 Å². The molecule has 3 heteroatoms. The number of hydrogen-bond acceptors (Lipinski definition) is 2. The third-order valence-electron chi connectivity index (χ3n) is 7.06. The highest BCUT2D eigenvalue weighted by Gasteiger charge is 2.67. The number of allylic oxidation sites excluding steroid dienone is 2. The van der Waals surface area contributed by atoms with E-state index in [1.165, 1.54) is 29.1 Å². The van der Waals surface area contributed by atoms with Gasteiger partial charge in [-0.2, -0.15) is 0 Å². The highest BCUT2D eigenvalue weighted by molar-refractivity contribution is 5.84. The first kappa shape index (κ1) is 13.6. The lowest BCUT2D eigenvalue weighted by Crippen LogP contribution is -2.61. The first-order chi connectivity index (χ1) is 11.1. The van der Waals surface area contributed by atoms with Gasteiger partial charge in [0.25, 0.3) is 0 Å². The summed E-state index contributed by atoms with van der Waals surface area (Å²) >= 11 is 0. The van der Waals surface area contributed by atoms with Crippen LogP contribution >= 0.6 is 0 Å². The second-order valence-electron chi connectivity index (χ2n) is 7.87. The van der Waals surface area contributed by atoms with Crippen LogP contribution in [0.1, 0.15) is 25.3 Å². The SMILES string of the molecule is C/C=C1/C[N@@+]2(C)CC[C@]34C(=C(C=O)[C@H]1C[C@@H]32)Nc1ccccc14. The molecule has 23 heavy (non-hydrogen) atoms. The molecule has 4 atom stereocenters. The minimum absolute atomic E-state index is 0.0390. The molecular formula is C20H23N2O+. The summed E-state index contributed by atoms with van der Waals surface area (Å²) in [5.74, 6) is 0.316. The number of carbonyl (C=O) groups is 1. The van der Waals surface area contributed by atoms with E-state index in [9.17, 15) is 4.79 Å². The summed E-state index contributed by atoms with van der Waals surface area (Å²) in [6.07, 6.45) is 5.65. The molecule has 0 radical (unpaired) electrons. The first-order valence-corrected chi connectivity index (χ1v) is 8.70. The van der Waals surface area contributed by atoms with Crippen LogP contribution in [-0.4, -0.2) is 36.9 Å². The van der Waals surface area contributed by atoms with E-state index in [1.807, 2.05) is 0 Å². The maximum absolute atomic E-state index is 12.0. The lowest BCUT2D eigenvalue weighted by molar-refractivity contribution is -0.923. The third kappa shape index (κ3) is 1.38. The average molecular weight is 307 g/mol. The quantitative estimate of drug-likeness (QED) is 0.491. The Morgan fingerprint density at radius 3 is 2.96 bits per heavy atom. The van der Waals surface area contributed by atoms with Crippen LogP contribution in [0.3, 0.4) is 0 Å². The Labute approximate surface area is 137 Å². The van der Waals surface area contributed by atoms with E-state index >= 15 is 0 Å². The summed E-state index contributed by atoms with van der Waals surface area (Å²) in [6.45, 7) is 4.42. The number of benzene rings is 1. The van der Waals surface area contributed by atoms with Crippen LogP contribution < -0.4 is 5.32 Å². The van der Waals surface area contributed by atoms with Crippen molar-refractivity contribution in [3.05, 3.63) is 52.7 Å². The number of likely N-dealkylation sites (N-methyl/N-ethyl adjacent to an activating group) is 1. The average Bonchev–Trinajstić information content (AvgIpc) is 3.08. The Bertz CT molecular complexity index is 793. The number of carbonyl (C=O) groups excluding carboxylic acids is 1. The first-order valence-electron chi connectivity index (χ1n) is 8.70. The van der Waals surface area contributed by atoms with Crippen LogP contribution in [-0.2, 0) is 10.2 Å². The number of fused-ring (bicyclic) bond motifs is 2. The van der Waals surface area contributed by atoms with Gasteiger partial charge < -0.3 is 9.80 Å². The van der Waals surface area contributed by atoms with Crippen molar-refractivity contribution in [2.24, 2.45) is 5.92 Å². The van der Waals surface area contributed by atoms with Crippen LogP contribution in [0.25, 0.3) is 0 Å². The summed E-state index contributed by atoms with van der Waals surface area (Å²) in [4.78, 5) is 12.0. The molecule has 5 rings (SSSR count). The number of quaternary nitrogens is 1. The second kappa shape index (κ2) is 4.15. The van der Waals surface area contributed by atoms with Crippen molar-refractivity contribution >= 4 is 12.0 Å². The van der Waals surface area contributed by atoms with Gasteiger partial charge in [-0.1, -0.05) is 24.3 Å². The zero-order valence-corrected chi connectivity index (χ0v) is 13.8. The van der Waals surface area contributed by atoms with Crippen LogP contribution in [0.15, 0.2) is 47.2 Å². The summed E-state index contributed by atoms with van der Waals surface area (Å²) in [6, 6.07) is 9.27. The fraction of sp³-hybridized carbons (Fsp3) is 0.450. The summed E-state index contributed by atoms with van der Waals surface area (Å²) in [5, 5.41) is 3.66. The van der Waals surface area contributed by atoms with Crippen LogP contribution in [0.5, 0.6) is 0 Å². The molecule has 1 spiro atoms. The Kier molecular flexibility index (Phi) is 2.45. The smallest absolute Gasteiger partial charge is 0.148 e. The maximum atomic E-state index is 12.0. The van der Waals surface area contributed by atoms with E-state index in [4.69, 9.17) is 0 Å². The normalized spacial score (nSPS) is 41.6. The highest BCUT2D eigenvalue weighted by Crippen LogP contribution is 2.62. The number of anilines is 1. The lowest BCUT2D eigenvalue weighted by atomic mass is 9.61. The predicted octanol–water partition coefficient (Wildman–Crippen LogP) is 3.00. The van der Waals surface area contributed by atoms with Crippen LogP contribution in [0, 0.1) is 5.92 Å². The number of nitrogens with one attached hydrogen (secondary N) is 1. The predicted molar refractivity (Wildman–Crippen MR) is 91.0 cm³/mol. The Hall–Kier alpha value is -1.87. The molecule has 0 amide bonds. The molecule has 1 aliphatic carbocycles. The van der Waals surface area contributed by atoms with Crippen molar-refractivity contribution in [3.8, 4) is 0 Å². The number of rotatable bonds is 1. The van der Waals surface area contributed by atoms with Crippen molar-refractivity contribution in [2.75, 3.05) is 25.5 Å². The largest absolute Gasteiger partial charge is 0.357 e. The highest BCUT2D eigenvalue weighted by atomic mass is 16.1. The number of hydrogen-bond donors (Lipinski definition) is 1. The molecule has 0 aromatic heterocycles. The van der Waals surface area contributed by atoms with Gasteiger partial charge in [0.05, 0.1) is 19.0 Å². The molecule has 2 saturated heterocycles. The lowest BCUT2D eigenvalue weighted by Gasteiger charge is -2.51. The molecule has 3 heterocycles. The van der Waals surface area contributed by atoms with E-state index in [-0.39, 0.29) is 5.41 Å². The van der Waals surface area contributed by atoms with E-state index < -0.39 is 0 Å². The zero-order chi connectivity index (χ0) is 15.8. The van der Waals surface area contributed by atoms with Gasteiger partial charge in [-0.15, -0.1) is 0 Å². The molecule has 2 bridgehead atoms. The minimum Gasteiger partial charge on any atom is -0.357 e. The van der Waals surface area contributed by atoms with Gasteiger partial charge in [0, 0.05) is 35.7 Å². The molecule has 4 aliphatic rings. The maximum Gasteiger partial charge on any atom is 0.148 e. The molecule has 2 fully saturated rings. The monoisotopic (exact) mass is 307 g/mol. The van der Waals surface area contributed by atoms with Crippen molar-refractivity contribution in [1.29, 1.82) is 0 Å². The fourth-order valence-corrected chi connectivity index (χ4v) is 6.07. The molecule has 1 N–H and O–H groups in total. The standard InChI is InChI=1S/C20H22N2O/c1-3-13-11-22(2)9-8-20-16-6-4-5-7-17(16)21-19(20)15(12-23)14(13)10-18(20)22/h3-7,12,14,18H,8-11H2,1-2H3/p+1/b13-3-/t14-,18-,20+,22+/m0/s1. The van der Waals surface area contributed by atoms with E-state index in [0.717, 1.165) is 35.7 Å². The second-order valence-corrected chi connectivity index (χ2v) is 7.87.